The lowest BCUT2D eigenvalue weighted by Gasteiger charge is -1.99. The van der Waals surface area contributed by atoms with Crippen LogP contribution in [0.5, 0.6) is 0 Å². The number of carboxylic acid groups (broad SMARTS) is 4. The van der Waals surface area contributed by atoms with Crippen molar-refractivity contribution in [1.82, 2.24) is 0 Å². The predicted octanol–water partition coefficient (Wildman–Crippen LogP) is 6.53. The van der Waals surface area contributed by atoms with Gasteiger partial charge in [-0.25, -0.2) is 19.2 Å². The van der Waals surface area contributed by atoms with Crippen LogP contribution in [0.1, 0.15) is 15.9 Å². The van der Waals surface area contributed by atoms with E-state index in [1.807, 2.05) is 60.7 Å². The molecule has 0 atom stereocenters. The molecule has 0 aliphatic heterocycles. The summed E-state index contributed by atoms with van der Waals surface area (Å²) in [6, 6.07) is 18.6. The van der Waals surface area contributed by atoms with E-state index in [0.29, 0.717) is 0 Å². The van der Waals surface area contributed by atoms with E-state index in [4.69, 9.17) is 39.6 Å². The predicted molar refractivity (Wildman–Crippen MR) is 112 cm³/mol. The van der Waals surface area contributed by atoms with Crippen LogP contribution < -0.4 is 0 Å². The largest absolute Gasteiger partial charge is 0.469 e. The Morgan fingerprint density at radius 1 is 0.467 bits per heavy atom. The maximum atomic E-state index is 11.8. The van der Waals surface area contributed by atoms with Crippen LogP contribution >= 0.6 is 46.4 Å². The number of carbonyl (C=O) groups is 5. The molecule has 2 rings (SSSR count). The Labute approximate surface area is 190 Å². The summed E-state index contributed by atoms with van der Waals surface area (Å²) in [6.07, 6.45) is 0. The van der Waals surface area contributed by atoms with Gasteiger partial charge in [0.05, 0.1) is 0 Å². The normalized spacial score (nSPS) is 7.87. The van der Waals surface area contributed by atoms with Crippen molar-refractivity contribution in [2.75, 3.05) is 0 Å². The summed E-state index contributed by atoms with van der Waals surface area (Å²) in [5.74, 6) is 0.0752. The van der Waals surface area contributed by atoms with Gasteiger partial charge in [0.2, 0.25) is 0 Å². The molecule has 0 saturated heterocycles. The number of hydrogen-bond acceptors (Lipinski definition) is 5. The minimum absolute atomic E-state index is 0.0752. The van der Waals surface area contributed by atoms with E-state index in [2.05, 4.69) is 46.4 Å². The van der Waals surface area contributed by atoms with Crippen LogP contribution in [0.4, 0.5) is 19.2 Å². The summed E-state index contributed by atoms with van der Waals surface area (Å²) in [6.45, 7) is 0. The van der Waals surface area contributed by atoms with E-state index in [1.54, 1.807) is 0 Å². The molecule has 0 heterocycles. The number of halogens is 4. The lowest BCUT2D eigenvalue weighted by molar-refractivity contribution is 0.103. The molecule has 4 N–H and O–H groups in total. The second kappa shape index (κ2) is 20.9. The summed E-state index contributed by atoms with van der Waals surface area (Å²) < 4.78 is 0. The smallest absolute Gasteiger partial charge is 0.401 e. The van der Waals surface area contributed by atoms with Gasteiger partial charge in [0.25, 0.3) is 0 Å². The Kier molecular flexibility index (Phi) is 22.1. The maximum absolute atomic E-state index is 11.8. The van der Waals surface area contributed by atoms with Crippen LogP contribution in [0.15, 0.2) is 60.7 Å². The Bertz CT molecular complexity index is 679. The van der Waals surface area contributed by atoms with Crippen LogP contribution in [0, 0.1) is 0 Å². The van der Waals surface area contributed by atoms with Crippen molar-refractivity contribution in [1.29, 1.82) is 0 Å². The molecule has 0 saturated carbocycles. The fraction of sp³-hybridized carbons (Fsp3) is 0. The van der Waals surface area contributed by atoms with Crippen molar-refractivity contribution < 1.29 is 44.4 Å². The standard InChI is InChI=1S/C13H10O.4CHClO2/c14-13(11-7-3-1-4-8-11)12-9-5-2-6-10-12;4*2-1(3)4/h1-10H;4*(H,3,4). The van der Waals surface area contributed by atoms with Crippen molar-refractivity contribution in [3.05, 3.63) is 71.8 Å². The Hall–Kier alpha value is -2.85. The molecule has 0 aromatic heterocycles. The molecule has 0 radical (unpaired) electrons. The highest BCUT2D eigenvalue weighted by atomic mass is 35.5. The Balaban J connectivity index is -0.000000378. The Morgan fingerprint density at radius 3 is 0.800 bits per heavy atom. The summed E-state index contributed by atoms with van der Waals surface area (Å²) in [4.78, 5) is 46.9. The number of hydrogen-bond donors (Lipinski definition) is 4. The van der Waals surface area contributed by atoms with Gasteiger partial charge in [-0.05, 0) is 0 Å². The molecule has 30 heavy (non-hydrogen) atoms. The van der Waals surface area contributed by atoms with Crippen molar-refractivity contribution >= 4 is 73.9 Å². The molecule has 0 aliphatic carbocycles. The molecule has 0 bridgehead atoms. The molecular weight excluding hydrogens is 490 g/mol. The number of ketones is 1. The lowest BCUT2D eigenvalue weighted by atomic mass is 10.0. The van der Waals surface area contributed by atoms with Gasteiger partial charge in [-0.3, -0.25) is 4.79 Å². The third kappa shape index (κ3) is 32.8. The first-order valence-electron chi connectivity index (χ1n) is 6.99. The molecule has 0 spiro atoms. The van der Waals surface area contributed by atoms with Crippen molar-refractivity contribution in [2.45, 2.75) is 0 Å². The average molecular weight is 504 g/mol. The van der Waals surface area contributed by atoms with E-state index >= 15 is 0 Å². The van der Waals surface area contributed by atoms with E-state index in [-0.39, 0.29) is 5.78 Å². The molecule has 0 unspecified atom stereocenters. The molecule has 0 amide bonds. The fourth-order valence-electron chi connectivity index (χ4n) is 1.35. The monoisotopic (exact) mass is 502 g/mol. The lowest BCUT2D eigenvalue weighted by Crippen LogP contribution is -1.99. The van der Waals surface area contributed by atoms with Crippen LogP contribution in [-0.2, 0) is 0 Å². The molecule has 9 nitrogen and oxygen atoms in total. The molecule has 2 aromatic rings. The van der Waals surface area contributed by atoms with Gasteiger partial charge in [-0.1, -0.05) is 60.7 Å². The fourth-order valence-corrected chi connectivity index (χ4v) is 1.35. The second-order valence-corrected chi connectivity index (χ2v) is 5.37. The minimum Gasteiger partial charge on any atom is -0.469 e. The Morgan fingerprint density at radius 2 is 0.633 bits per heavy atom. The molecule has 164 valence electrons. The van der Waals surface area contributed by atoms with Crippen molar-refractivity contribution in [3.63, 3.8) is 0 Å². The van der Waals surface area contributed by atoms with Crippen LogP contribution in [0.2, 0.25) is 0 Å². The second-order valence-electron chi connectivity index (χ2n) is 4.07. The van der Waals surface area contributed by atoms with Crippen LogP contribution in [-0.4, -0.2) is 47.9 Å². The molecule has 0 fully saturated rings. The SMILES string of the molecule is O=C(O)Cl.O=C(O)Cl.O=C(O)Cl.O=C(O)Cl.O=C(c1ccccc1)c1ccccc1. The highest BCUT2D eigenvalue weighted by molar-refractivity contribution is 6.61. The first-order chi connectivity index (χ1) is 13.8. The summed E-state index contributed by atoms with van der Waals surface area (Å²) in [7, 11) is 0. The average Bonchev–Trinajstić information content (AvgIpc) is 2.61. The van der Waals surface area contributed by atoms with Crippen LogP contribution in [0.25, 0.3) is 0 Å². The van der Waals surface area contributed by atoms with Crippen LogP contribution in [0.3, 0.4) is 0 Å². The molecule has 2 aromatic carbocycles. The highest BCUT2D eigenvalue weighted by Gasteiger charge is 2.06. The van der Waals surface area contributed by atoms with Gasteiger partial charge in [-0.15, -0.1) is 0 Å². The summed E-state index contributed by atoms with van der Waals surface area (Å²) in [5, 5.41) is 28.7. The quantitative estimate of drug-likeness (QED) is 0.263. The third-order valence-electron chi connectivity index (χ3n) is 2.07. The zero-order valence-corrected chi connectivity index (χ0v) is 17.6. The number of carbonyl (C=O) groups excluding carboxylic acids is 1. The molecule has 0 aliphatic rings. The first-order valence-corrected chi connectivity index (χ1v) is 8.50. The van der Waals surface area contributed by atoms with Crippen molar-refractivity contribution in [3.8, 4) is 0 Å². The minimum atomic E-state index is -1.36. The maximum Gasteiger partial charge on any atom is 0.401 e. The van der Waals surface area contributed by atoms with Gasteiger partial charge in [0, 0.05) is 57.5 Å². The van der Waals surface area contributed by atoms with Gasteiger partial charge in [0.1, 0.15) is 0 Å². The summed E-state index contributed by atoms with van der Waals surface area (Å²) >= 11 is 16.8. The highest BCUT2D eigenvalue weighted by Crippen LogP contribution is 2.08. The first kappa shape index (κ1) is 31.8. The molecule has 13 heteroatoms. The van der Waals surface area contributed by atoms with E-state index in [9.17, 15) is 4.79 Å². The molecular formula is C17H14Cl4O9. The topological polar surface area (TPSA) is 166 Å². The van der Waals surface area contributed by atoms with E-state index in [0.717, 1.165) is 11.1 Å². The van der Waals surface area contributed by atoms with E-state index in [1.165, 1.54) is 0 Å². The van der Waals surface area contributed by atoms with Gasteiger partial charge < -0.3 is 20.4 Å². The third-order valence-corrected chi connectivity index (χ3v) is 2.07. The zero-order valence-electron chi connectivity index (χ0n) is 14.6. The van der Waals surface area contributed by atoms with E-state index < -0.39 is 21.7 Å². The van der Waals surface area contributed by atoms with Crippen molar-refractivity contribution in [2.24, 2.45) is 0 Å². The van der Waals surface area contributed by atoms with Gasteiger partial charge >= 0.3 is 21.7 Å². The van der Waals surface area contributed by atoms with Gasteiger partial charge in [0.15, 0.2) is 5.78 Å². The zero-order chi connectivity index (χ0) is 24.1. The summed E-state index contributed by atoms with van der Waals surface area (Å²) in [5.41, 5.74) is -3.97. The number of benzene rings is 2. The number of rotatable bonds is 2. The van der Waals surface area contributed by atoms with Gasteiger partial charge in [-0.2, -0.15) is 0 Å².